The first kappa shape index (κ1) is 23.2. The monoisotopic (exact) mass is 491 g/mol. The van der Waals surface area contributed by atoms with Crippen LogP contribution in [0.1, 0.15) is 11.9 Å². The van der Waals surface area contributed by atoms with Crippen molar-refractivity contribution in [2.75, 3.05) is 0 Å². The van der Waals surface area contributed by atoms with Crippen molar-refractivity contribution in [1.82, 2.24) is 0 Å². The molecule has 172 valence electrons. The van der Waals surface area contributed by atoms with Crippen LogP contribution < -0.4 is 20.5 Å². The predicted molar refractivity (Wildman–Crippen MR) is 153 cm³/mol. The summed E-state index contributed by atoms with van der Waals surface area (Å²) in [4.78, 5) is 0. The molecular formula is C31H28N2PS+. The normalized spacial score (nSPS) is 12.0. The van der Waals surface area contributed by atoms with Crippen LogP contribution in [0.25, 0.3) is 16.3 Å². The number of rotatable bonds is 7. The van der Waals surface area contributed by atoms with Crippen LogP contribution in [0.2, 0.25) is 0 Å². The van der Waals surface area contributed by atoms with Crippen molar-refractivity contribution in [1.29, 1.82) is 0 Å². The zero-order valence-corrected chi connectivity index (χ0v) is 21.4. The van der Waals surface area contributed by atoms with Gasteiger partial charge in [0.2, 0.25) is 5.52 Å². The molecule has 0 atom stereocenters. The summed E-state index contributed by atoms with van der Waals surface area (Å²) in [7, 11) is -2.20. The van der Waals surface area contributed by atoms with Crippen LogP contribution in [-0.4, -0.2) is 0 Å². The van der Waals surface area contributed by atoms with Gasteiger partial charge in [-0.3, -0.25) is 4.74 Å². The van der Waals surface area contributed by atoms with Crippen molar-refractivity contribution < 1.29 is 4.57 Å². The summed E-state index contributed by atoms with van der Waals surface area (Å²) in [6.45, 7) is 3.14. The van der Waals surface area contributed by atoms with E-state index in [0.29, 0.717) is 0 Å². The summed E-state index contributed by atoms with van der Waals surface area (Å²) in [5.74, 6) is 0. The summed E-state index contributed by atoms with van der Waals surface area (Å²) in [6, 6.07) is 40.7. The van der Waals surface area contributed by atoms with E-state index in [9.17, 15) is 0 Å². The zero-order valence-electron chi connectivity index (χ0n) is 19.7. The Morgan fingerprint density at radius 2 is 1.20 bits per heavy atom. The molecule has 0 saturated carbocycles. The lowest BCUT2D eigenvalue weighted by Gasteiger charge is -2.26. The quantitative estimate of drug-likeness (QED) is 0.134. The molecule has 0 bridgehead atoms. The molecule has 4 heteroatoms. The molecule has 0 aliphatic heterocycles. The maximum Gasteiger partial charge on any atom is 0.262 e. The number of allylic oxidation sites excluding steroid dienone is 2. The molecular weight excluding hydrogens is 463 g/mol. The number of fused-ring (bicyclic) bond motifs is 1. The number of thiazole rings is 1. The van der Waals surface area contributed by atoms with Crippen molar-refractivity contribution in [3.8, 4) is 0 Å². The number of hydrogen-bond donors (Lipinski definition) is 0. The minimum absolute atomic E-state index is 0.947. The molecule has 35 heavy (non-hydrogen) atoms. The van der Waals surface area contributed by atoms with E-state index in [1.807, 2.05) is 17.5 Å². The lowest BCUT2D eigenvalue weighted by Crippen LogP contribution is -2.33. The molecule has 0 aliphatic rings. The molecule has 0 radical (unpaired) electrons. The van der Waals surface area contributed by atoms with Crippen molar-refractivity contribution in [3.63, 3.8) is 0 Å². The highest BCUT2D eigenvalue weighted by atomic mass is 32.1. The fourth-order valence-electron chi connectivity index (χ4n) is 4.41. The maximum absolute atomic E-state index is 5.36. The second kappa shape index (κ2) is 10.8. The highest BCUT2D eigenvalue weighted by molar-refractivity contribution is 7.87. The molecule has 5 rings (SSSR count). The number of aromatic nitrogens is 1. The first-order chi connectivity index (χ1) is 17.3. The number of nitrogens with zero attached hydrogens (tertiary/aromatic N) is 2. The first-order valence-corrected chi connectivity index (χ1v) is 14.4. The van der Waals surface area contributed by atoms with E-state index in [1.165, 1.54) is 31.1 Å². The van der Waals surface area contributed by atoms with Crippen LogP contribution in [0.5, 0.6) is 0 Å². The number of para-hydroxylation sites is 1. The molecule has 2 nitrogen and oxygen atoms in total. The Labute approximate surface area is 211 Å². The van der Waals surface area contributed by atoms with Gasteiger partial charge < -0.3 is 0 Å². The van der Waals surface area contributed by atoms with Crippen LogP contribution >= 0.6 is 18.4 Å². The third-order valence-electron chi connectivity index (χ3n) is 6.02. The molecule has 4 aromatic carbocycles. The van der Waals surface area contributed by atoms with Gasteiger partial charge in [-0.25, -0.2) is 0 Å². The fraction of sp³-hybridized carbons (Fsp3) is 0.0645. The van der Waals surface area contributed by atoms with Crippen molar-refractivity contribution in [2.24, 2.45) is 4.74 Å². The molecule has 0 unspecified atom stereocenters. The standard InChI is InChI=1S/C31H28N2PS/c1-2-33-29-22-12-13-23-30(29)35-31(33)24-14-15-25-32-34(26-16-6-3-7-17-26,27-18-8-4-9-19-27)28-20-10-5-11-21-28/h3-25H,2H2,1H3/q+1/b24-14+,25-15+. The zero-order chi connectivity index (χ0) is 23.9. The van der Waals surface area contributed by atoms with Gasteiger partial charge >= 0.3 is 0 Å². The minimum Gasteiger partial charge on any atom is -0.262 e. The molecule has 5 aromatic rings. The van der Waals surface area contributed by atoms with Gasteiger partial charge in [-0.05, 0) is 19.1 Å². The Morgan fingerprint density at radius 1 is 0.686 bits per heavy atom. The summed E-state index contributed by atoms with van der Waals surface area (Å²) in [5.41, 5.74) is 1.29. The molecule has 0 amide bonds. The van der Waals surface area contributed by atoms with Crippen LogP contribution in [0.4, 0.5) is 0 Å². The number of benzene rings is 4. The third-order valence-corrected chi connectivity index (χ3v) is 10.8. The van der Waals surface area contributed by atoms with Crippen molar-refractivity contribution in [3.05, 3.63) is 139 Å². The number of hydrogen-bond acceptors (Lipinski definition) is 2. The number of aryl methyl sites for hydroxylation is 1. The lowest BCUT2D eigenvalue weighted by molar-refractivity contribution is -0.665. The van der Waals surface area contributed by atoms with Crippen LogP contribution in [0.15, 0.2) is 138 Å². The highest BCUT2D eigenvalue weighted by Crippen LogP contribution is 2.46. The van der Waals surface area contributed by atoms with Gasteiger partial charge in [0.05, 0.1) is 7.05 Å². The van der Waals surface area contributed by atoms with Crippen LogP contribution in [-0.2, 0) is 6.54 Å². The van der Waals surface area contributed by atoms with E-state index in [2.05, 4.69) is 145 Å². The van der Waals surface area contributed by atoms with Gasteiger partial charge in [-0.15, -0.1) is 0 Å². The topological polar surface area (TPSA) is 16.2 Å². The molecule has 0 spiro atoms. The van der Waals surface area contributed by atoms with Gasteiger partial charge in [0.25, 0.3) is 5.01 Å². The third kappa shape index (κ3) is 4.71. The Morgan fingerprint density at radius 3 is 1.74 bits per heavy atom. The summed E-state index contributed by atoms with van der Waals surface area (Å²) in [5, 5.41) is 4.99. The Hall–Kier alpha value is -3.52. The SMILES string of the molecule is CC[n+]1c(/C=C/C=C/N=P(c2ccccc2)(c2ccccc2)c2ccccc2)sc2ccccc21. The van der Waals surface area contributed by atoms with E-state index in [0.717, 1.165) is 6.54 Å². The lowest BCUT2D eigenvalue weighted by atomic mass is 10.3. The Bertz CT molecular complexity index is 1410. The largest absolute Gasteiger partial charge is 0.262 e. The van der Waals surface area contributed by atoms with E-state index >= 15 is 0 Å². The maximum atomic E-state index is 5.36. The highest BCUT2D eigenvalue weighted by Gasteiger charge is 2.26. The smallest absolute Gasteiger partial charge is 0.262 e. The van der Waals surface area contributed by atoms with E-state index in [4.69, 9.17) is 4.74 Å². The first-order valence-electron chi connectivity index (χ1n) is 11.9. The minimum atomic E-state index is -2.20. The van der Waals surface area contributed by atoms with Gasteiger partial charge in [-0.1, -0.05) is 121 Å². The molecule has 0 aliphatic carbocycles. The van der Waals surface area contributed by atoms with Gasteiger partial charge in [-0.2, -0.15) is 4.57 Å². The molecule has 0 fully saturated rings. The fourth-order valence-corrected chi connectivity index (χ4v) is 8.93. The van der Waals surface area contributed by atoms with E-state index in [1.54, 1.807) is 0 Å². The van der Waals surface area contributed by atoms with Crippen molar-refractivity contribution in [2.45, 2.75) is 13.5 Å². The van der Waals surface area contributed by atoms with Crippen molar-refractivity contribution >= 4 is 50.6 Å². The Kier molecular flexibility index (Phi) is 7.18. The predicted octanol–water partition coefficient (Wildman–Crippen LogP) is 6.91. The molecule has 1 aromatic heterocycles. The van der Waals surface area contributed by atoms with E-state index < -0.39 is 7.05 Å². The average Bonchev–Trinajstić information content (AvgIpc) is 3.29. The van der Waals surface area contributed by atoms with Gasteiger partial charge in [0.1, 0.15) is 11.2 Å². The Balaban J connectivity index is 1.60. The second-order valence-corrected chi connectivity index (χ2v) is 12.2. The second-order valence-electron chi connectivity index (χ2n) is 8.11. The van der Waals surface area contributed by atoms with Crippen LogP contribution in [0.3, 0.4) is 0 Å². The van der Waals surface area contributed by atoms with Gasteiger partial charge in [0.15, 0.2) is 0 Å². The summed E-state index contributed by atoms with van der Waals surface area (Å²) < 4.78 is 9.03. The molecule has 0 saturated heterocycles. The molecule has 0 N–H and O–H groups in total. The van der Waals surface area contributed by atoms with Gasteiger partial charge in [0, 0.05) is 34.3 Å². The molecule has 1 heterocycles. The van der Waals surface area contributed by atoms with E-state index in [-0.39, 0.29) is 0 Å². The average molecular weight is 492 g/mol. The van der Waals surface area contributed by atoms with Crippen LogP contribution in [0, 0.1) is 0 Å². The summed E-state index contributed by atoms with van der Waals surface area (Å²) >= 11 is 1.82. The summed E-state index contributed by atoms with van der Waals surface area (Å²) in [6.07, 6.45) is 8.35.